The van der Waals surface area contributed by atoms with Crippen LogP contribution in [0.5, 0.6) is 0 Å². The molecule has 0 saturated carbocycles. The zero-order valence-electron chi connectivity index (χ0n) is 15.6. The smallest absolute Gasteiger partial charge is 0.374 e. The Bertz CT molecular complexity index is 1260. The number of nitrogens with one attached hydrogen (secondary N) is 2. The number of benzene rings is 2. The van der Waals surface area contributed by atoms with Crippen LogP contribution in [0.4, 0.5) is 0 Å². The number of nitrogens with zero attached hydrogens (tertiary/aromatic N) is 1. The number of hydrogen-bond acceptors (Lipinski definition) is 5. The van der Waals surface area contributed by atoms with E-state index >= 15 is 0 Å². The highest BCUT2D eigenvalue weighted by Gasteiger charge is 2.24. The fourth-order valence-corrected chi connectivity index (χ4v) is 3.21. The maximum absolute atomic E-state index is 13.2. The summed E-state index contributed by atoms with van der Waals surface area (Å²) in [6.45, 7) is 1.81. The van der Waals surface area contributed by atoms with Gasteiger partial charge in [0.05, 0.1) is 17.7 Å². The quantitative estimate of drug-likeness (QED) is 0.404. The molecule has 0 unspecified atom stereocenters. The molecule has 0 aliphatic heterocycles. The summed E-state index contributed by atoms with van der Waals surface area (Å²) in [7, 11) is 0. The first-order valence-electron chi connectivity index (χ1n) is 9.08. The van der Waals surface area contributed by atoms with Gasteiger partial charge in [0.2, 0.25) is 11.6 Å². The van der Waals surface area contributed by atoms with Crippen molar-refractivity contribution >= 4 is 22.8 Å². The number of hydrogen-bond donors (Lipinski definition) is 2. The van der Waals surface area contributed by atoms with Crippen molar-refractivity contribution < 1.29 is 14.3 Å². The summed E-state index contributed by atoms with van der Waals surface area (Å²) < 4.78 is 4.92. The van der Waals surface area contributed by atoms with E-state index in [0.29, 0.717) is 16.7 Å². The number of carbonyl (C=O) groups excluding carboxylic acids is 2. The van der Waals surface area contributed by atoms with E-state index in [1.807, 2.05) is 36.4 Å². The number of carbonyl (C=O) groups is 2. The third-order valence-corrected chi connectivity index (χ3v) is 4.46. The van der Waals surface area contributed by atoms with Gasteiger partial charge in [0.1, 0.15) is 5.65 Å². The van der Waals surface area contributed by atoms with Crippen LogP contribution in [0.2, 0.25) is 0 Å². The molecule has 2 N–H and O–H groups in total. The largest absolute Gasteiger partial charge is 0.460 e. The minimum absolute atomic E-state index is 0.151. The summed E-state index contributed by atoms with van der Waals surface area (Å²) in [4.78, 5) is 47.6. The topological polar surface area (TPSA) is 105 Å². The van der Waals surface area contributed by atoms with E-state index in [0.717, 1.165) is 0 Å². The van der Waals surface area contributed by atoms with Crippen molar-refractivity contribution in [2.75, 3.05) is 6.61 Å². The monoisotopic (exact) mass is 387 g/mol. The van der Waals surface area contributed by atoms with E-state index in [2.05, 4.69) is 15.0 Å². The molecule has 0 bridgehead atoms. The number of ketones is 1. The van der Waals surface area contributed by atoms with Gasteiger partial charge < -0.3 is 14.7 Å². The third-order valence-electron chi connectivity index (χ3n) is 4.46. The number of ether oxygens (including phenoxy) is 1. The lowest BCUT2D eigenvalue weighted by Gasteiger charge is -2.04. The van der Waals surface area contributed by atoms with Crippen molar-refractivity contribution in [2.45, 2.75) is 6.92 Å². The summed E-state index contributed by atoms with van der Waals surface area (Å²) >= 11 is 0. The summed E-state index contributed by atoms with van der Waals surface area (Å²) in [5.41, 5.74) is 1.47. The molecule has 4 aromatic rings. The Hall–Kier alpha value is -4.00. The van der Waals surface area contributed by atoms with Gasteiger partial charge in [0.25, 0.3) is 5.56 Å². The van der Waals surface area contributed by atoms with Crippen molar-refractivity contribution in [3.8, 4) is 11.1 Å². The number of esters is 1. The van der Waals surface area contributed by atoms with Crippen LogP contribution in [0.1, 0.15) is 33.6 Å². The van der Waals surface area contributed by atoms with Crippen LogP contribution in [-0.2, 0) is 4.74 Å². The second-order valence-electron chi connectivity index (χ2n) is 6.30. The molecule has 0 fully saturated rings. The fraction of sp³-hybridized carbons (Fsp3) is 0.0909. The fourth-order valence-electron chi connectivity index (χ4n) is 3.21. The Labute approximate surface area is 165 Å². The Kier molecular flexibility index (Phi) is 4.78. The standard InChI is InChI=1S/C22H17N3O4/c1-2-29-22(28)20-24-19-16(21(27)25-20)15(13-9-5-3-6-10-13)17(23-19)18(26)14-11-7-4-8-12-14/h3-12H,2H2,1H3,(H2,23,24,25,27). The van der Waals surface area contributed by atoms with E-state index in [1.54, 1.807) is 31.2 Å². The van der Waals surface area contributed by atoms with Crippen LogP contribution in [-0.4, -0.2) is 33.3 Å². The summed E-state index contributed by atoms with van der Waals surface area (Å²) in [6, 6.07) is 17.9. The first-order chi connectivity index (χ1) is 14.1. The molecule has 4 rings (SSSR count). The molecule has 7 nitrogen and oxygen atoms in total. The van der Waals surface area contributed by atoms with E-state index in [9.17, 15) is 14.4 Å². The predicted molar refractivity (Wildman–Crippen MR) is 108 cm³/mol. The van der Waals surface area contributed by atoms with E-state index in [4.69, 9.17) is 4.74 Å². The molecular weight excluding hydrogens is 370 g/mol. The van der Waals surface area contributed by atoms with Crippen molar-refractivity contribution in [3.05, 3.63) is 88.1 Å². The lowest BCUT2D eigenvalue weighted by atomic mass is 9.98. The van der Waals surface area contributed by atoms with Crippen LogP contribution in [0.15, 0.2) is 65.5 Å². The van der Waals surface area contributed by atoms with Gasteiger partial charge in [0, 0.05) is 11.1 Å². The average Bonchev–Trinajstić information content (AvgIpc) is 3.14. The highest BCUT2D eigenvalue weighted by Crippen LogP contribution is 2.31. The summed E-state index contributed by atoms with van der Waals surface area (Å²) in [5.74, 6) is -1.23. The van der Waals surface area contributed by atoms with Crippen LogP contribution < -0.4 is 5.56 Å². The number of rotatable bonds is 5. The van der Waals surface area contributed by atoms with Crippen LogP contribution in [0.25, 0.3) is 22.2 Å². The van der Waals surface area contributed by atoms with Gasteiger partial charge in [0.15, 0.2) is 0 Å². The number of aromatic amines is 2. The maximum atomic E-state index is 13.2. The normalized spacial score (nSPS) is 10.8. The molecule has 2 heterocycles. The van der Waals surface area contributed by atoms with Gasteiger partial charge in [-0.25, -0.2) is 4.79 Å². The molecule has 144 valence electrons. The van der Waals surface area contributed by atoms with Crippen LogP contribution >= 0.6 is 0 Å². The van der Waals surface area contributed by atoms with Crippen molar-refractivity contribution in [1.29, 1.82) is 0 Å². The van der Waals surface area contributed by atoms with Crippen LogP contribution in [0, 0.1) is 0 Å². The Morgan fingerprint density at radius 3 is 2.28 bits per heavy atom. The molecule has 0 radical (unpaired) electrons. The van der Waals surface area contributed by atoms with Gasteiger partial charge in [-0.15, -0.1) is 0 Å². The zero-order chi connectivity index (χ0) is 20.4. The molecule has 29 heavy (non-hydrogen) atoms. The molecule has 2 aromatic carbocycles. The molecule has 0 spiro atoms. The molecule has 2 aromatic heterocycles. The lowest BCUT2D eigenvalue weighted by Crippen LogP contribution is -2.17. The summed E-state index contributed by atoms with van der Waals surface area (Å²) in [5, 5.41) is 0.212. The first-order valence-corrected chi connectivity index (χ1v) is 9.08. The van der Waals surface area contributed by atoms with Crippen molar-refractivity contribution in [3.63, 3.8) is 0 Å². The molecule has 0 saturated heterocycles. The summed E-state index contributed by atoms with van der Waals surface area (Å²) in [6.07, 6.45) is 0. The Morgan fingerprint density at radius 1 is 0.966 bits per heavy atom. The molecular formula is C22H17N3O4. The van der Waals surface area contributed by atoms with Crippen molar-refractivity contribution in [1.82, 2.24) is 15.0 Å². The number of fused-ring (bicyclic) bond motifs is 1. The van der Waals surface area contributed by atoms with Gasteiger partial charge in [-0.2, -0.15) is 4.98 Å². The predicted octanol–water partition coefficient (Wildman–Crippen LogP) is 3.33. The highest BCUT2D eigenvalue weighted by atomic mass is 16.5. The lowest BCUT2D eigenvalue weighted by molar-refractivity contribution is 0.0512. The minimum Gasteiger partial charge on any atom is -0.460 e. The molecule has 0 aliphatic carbocycles. The molecule has 0 atom stereocenters. The maximum Gasteiger partial charge on any atom is 0.374 e. The molecule has 7 heteroatoms. The third kappa shape index (κ3) is 3.34. The van der Waals surface area contributed by atoms with Gasteiger partial charge in [-0.3, -0.25) is 9.59 Å². The Morgan fingerprint density at radius 2 is 1.62 bits per heavy atom. The van der Waals surface area contributed by atoms with Gasteiger partial charge >= 0.3 is 5.97 Å². The van der Waals surface area contributed by atoms with E-state index < -0.39 is 11.5 Å². The zero-order valence-corrected chi connectivity index (χ0v) is 15.6. The highest BCUT2D eigenvalue weighted by molar-refractivity contribution is 6.16. The van der Waals surface area contributed by atoms with Crippen LogP contribution in [0.3, 0.4) is 0 Å². The number of aromatic nitrogens is 3. The second kappa shape index (κ2) is 7.55. The van der Waals surface area contributed by atoms with Gasteiger partial charge in [-0.05, 0) is 12.5 Å². The first kappa shape index (κ1) is 18.4. The van der Waals surface area contributed by atoms with Crippen molar-refractivity contribution in [2.24, 2.45) is 0 Å². The number of H-pyrrole nitrogens is 2. The minimum atomic E-state index is -0.738. The van der Waals surface area contributed by atoms with E-state index in [1.165, 1.54) is 0 Å². The van der Waals surface area contributed by atoms with E-state index in [-0.39, 0.29) is 34.9 Å². The SMILES string of the molecule is CCOC(=O)c1nc(=O)c2c(-c3ccccc3)c(C(=O)c3ccccc3)[nH]c2[nH]1. The second-order valence-corrected chi connectivity index (χ2v) is 6.30. The van der Waals surface area contributed by atoms with Gasteiger partial charge in [-0.1, -0.05) is 60.7 Å². The Balaban J connectivity index is 1.99. The average molecular weight is 387 g/mol. The molecule has 0 aliphatic rings. The molecule has 0 amide bonds.